The van der Waals surface area contributed by atoms with E-state index in [1.54, 1.807) is 0 Å². The molecule has 0 amide bonds. The van der Waals surface area contributed by atoms with Crippen LogP contribution in [-0.4, -0.2) is 32.5 Å². The molecule has 1 saturated heterocycles. The van der Waals surface area contributed by atoms with E-state index in [1.807, 2.05) is 12.1 Å². The van der Waals surface area contributed by atoms with Gasteiger partial charge in [-0.2, -0.15) is 0 Å². The summed E-state index contributed by atoms with van der Waals surface area (Å²) in [5.41, 5.74) is 1.12. The summed E-state index contributed by atoms with van der Waals surface area (Å²) in [6, 6.07) is 3.94. The molecule has 0 aromatic heterocycles. The van der Waals surface area contributed by atoms with Crippen LogP contribution in [-0.2, 0) is 11.3 Å². The summed E-state index contributed by atoms with van der Waals surface area (Å²) in [6.07, 6.45) is 1.49. The van der Waals surface area contributed by atoms with Crippen molar-refractivity contribution in [2.75, 3.05) is 26.4 Å². The first kappa shape index (κ1) is 14.0. The molecule has 0 bridgehead atoms. The Labute approximate surface area is 124 Å². The lowest BCUT2D eigenvalue weighted by Gasteiger charge is -2.20. The standard InChI is InChI=1S/C15H20ClNO3/c1-10-12(2-3-18-10)9-17-8-11-6-13(16)15-14(7-11)19-4-5-20-15/h6-7,10,12,17H,2-5,8-9H2,1H3. The molecule has 2 atom stereocenters. The van der Waals surface area contributed by atoms with Gasteiger partial charge in [-0.3, -0.25) is 0 Å². The molecule has 2 unspecified atom stereocenters. The first-order valence-corrected chi connectivity index (χ1v) is 7.52. The Hall–Kier alpha value is -0.970. The highest BCUT2D eigenvalue weighted by molar-refractivity contribution is 6.32. The van der Waals surface area contributed by atoms with Crippen molar-refractivity contribution in [1.29, 1.82) is 0 Å². The van der Waals surface area contributed by atoms with E-state index in [-0.39, 0.29) is 0 Å². The van der Waals surface area contributed by atoms with Crippen molar-refractivity contribution >= 4 is 11.6 Å². The molecular formula is C15H20ClNO3. The van der Waals surface area contributed by atoms with Gasteiger partial charge in [-0.25, -0.2) is 0 Å². The first-order chi connectivity index (χ1) is 9.74. The Morgan fingerprint density at radius 3 is 2.90 bits per heavy atom. The lowest BCUT2D eigenvalue weighted by atomic mass is 10.0. The Morgan fingerprint density at radius 1 is 1.25 bits per heavy atom. The molecule has 0 aliphatic carbocycles. The largest absolute Gasteiger partial charge is 0.486 e. The third kappa shape index (κ3) is 3.03. The quantitative estimate of drug-likeness (QED) is 0.927. The number of benzene rings is 1. The van der Waals surface area contributed by atoms with Gasteiger partial charge in [-0.05, 0) is 37.0 Å². The Kier molecular flexibility index (Phi) is 4.34. The summed E-state index contributed by atoms with van der Waals surface area (Å²) >= 11 is 6.22. The van der Waals surface area contributed by atoms with Crippen molar-refractivity contribution in [1.82, 2.24) is 5.32 Å². The molecule has 1 N–H and O–H groups in total. The Balaban J connectivity index is 1.59. The van der Waals surface area contributed by atoms with Gasteiger partial charge < -0.3 is 19.5 Å². The molecule has 0 saturated carbocycles. The smallest absolute Gasteiger partial charge is 0.179 e. The van der Waals surface area contributed by atoms with Crippen molar-refractivity contribution in [2.45, 2.75) is 26.0 Å². The van der Waals surface area contributed by atoms with Gasteiger partial charge in [-0.15, -0.1) is 0 Å². The monoisotopic (exact) mass is 297 g/mol. The molecule has 0 spiro atoms. The molecule has 2 aliphatic rings. The van der Waals surface area contributed by atoms with Gasteiger partial charge in [0.2, 0.25) is 0 Å². The van der Waals surface area contributed by atoms with Crippen LogP contribution in [0.4, 0.5) is 0 Å². The predicted octanol–water partition coefficient (Wildman–Crippen LogP) is 2.63. The van der Waals surface area contributed by atoms with E-state index in [4.69, 9.17) is 25.8 Å². The van der Waals surface area contributed by atoms with Crippen molar-refractivity contribution in [2.24, 2.45) is 5.92 Å². The van der Waals surface area contributed by atoms with Crippen molar-refractivity contribution < 1.29 is 14.2 Å². The summed E-state index contributed by atoms with van der Waals surface area (Å²) in [5.74, 6) is 2.01. The maximum atomic E-state index is 6.22. The Bertz CT molecular complexity index is 480. The van der Waals surface area contributed by atoms with Gasteiger partial charge in [0.15, 0.2) is 11.5 Å². The van der Waals surface area contributed by atoms with E-state index in [9.17, 15) is 0 Å². The minimum Gasteiger partial charge on any atom is -0.486 e. The summed E-state index contributed by atoms with van der Waals surface area (Å²) in [6.45, 7) is 5.90. The van der Waals surface area contributed by atoms with E-state index in [1.165, 1.54) is 0 Å². The number of nitrogens with one attached hydrogen (secondary N) is 1. The maximum Gasteiger partial charge on any atom is 0.179 e. The Morgan fingerprint density at radius 2 is 2.10 bits per heavy atom. The SMILES string of the molecule is CC1OCCC1CNCc1cc(Cl)c2c(c1)OCCO2. The zero-order chi connectivity index (χ0) is 13.9. The highest BCUT2D eigenvalue weighted by atomic mass is 35.5. The lowest BCUT2D eigenvalue weighted by Crippen LogP contribution is -2.26. The molecule has 2 aliphatic heterocycles. The molecule has 5 heteroatoms. The zero-order valence-electron chi connectivity index (χ0n) is 11.7. The van der Waals surface area contributed by atoms with Crippen LogP contribution in [0.15, 0.2) is 12.1 Å². The van der Waals surface area contributed by atoms with E-state index in [2.05, 4.69) is 12.2 Å². The van der Waals surface area contributed by atoms with Crippen LogP contribution in [0.2, 0.25) is 5.02 Å². The van der Waals surface area contributed by atoms with E-state index < -0.39 is 0 Å². The number of hydrogen-bond donors (Lipinski definition) is 1. The number of fused-ring (bicyclic) bond motifs is 1. The molecular weight excluding hydrogens is 278 g/mol. The molecule has 1 fully saturated rings. The second-order valence-electron chi connectivity index (χ2n) is 5.36. The lowest BCUT2D eigenvalue weighted by molar-refractivity contribution is 0.105. The van der Waals surface area contributed by atoms with Gasteiger partial charge in [0, 0.05) is 19.7 Å². The number of ether oxygens (including phenoxy) is 3. The number of halogens is 1. The van der Waals surface area contributed by atoms with Crippen molar-refractivity contribution in [3.63, 3.8) is 0 Å². The number of rotatable bonds is 4. The second-order valence-corrected chi connectivity index (χ2v) is 5.76. The van der Waals surface area contributed by atoms with E-state index >= 15 is 0 Å². The number of hydrogen-bond acceptors (Lipinski definition) is 4. The summed E-state index contributed by atoms with van der Waals surface area (Å²) in [5, 5.41) is 4.09. The van der Waals surface area contributed by atoms with Gasteiger partial charge in [0.25, 0.3) is 0 Å². The predicted molar refractivity (Wildman–Crippen MR) is 77.7 cm³/mol. The van der Waals surface area contributed by atoms with Crippen LogP contribution >= 0.6 is 11.6 Å². The van der Waals surface area contributed by atoms with Crippen LogP contribution in [0.1, 0.15) is 18.9 Å². The van der Waals surface area contributed by atoms with Crippen LogP contribution in [0.5, 0.6) is 11.5 Å². The van der Waals surface area contributed by atoms with Crippen LogP contribution in [0.3, 0.4) is 0 Å². The minimum absolute atomic E-state index is 0.353. The maximum absolute atomic E-state index is 6.22. The fourth-order valence-electron chi connectivity index (χ4n) is 2.71. The van der Waals surface area contributed by atoms with Gasteiger partial charge in [0.05, 0.1) is 11.1 Å². The van der Waals surface area contributed by atoms with Crippen LogP contribution in [0, 0.1) is 5.92 Å². The molecule has 0 radical (unpaired) electrons. The average molecular weight is 298 g/mol. The minimum atomic E-state index is 0.353. The fourth-order valence-corrected chi connectivity index (χ4v) is 3.00. The first-order valence-electron chi connectivity index (χ1n) is 7.14. The molecule has 2 heterocycles. The van der Waals surface area contributed by atoms with Gasteiger partial charge >= 0.3 is 0 Å². The highest BCUT2D eigenvalue weighted by Gasteiger charge is 2.23. The third-order valence-electron chi connectivity index (χ3n) is 3.93. The van der Waals surface area contributed by atoms with Crippen molar-refractivity contribution in [3.05, 3.63) is 22.7 Å². The summed E-state index contributed by atoms with van der Waals surface area (Å²) in [4.78, 5) is 0. The van der Waals surface area contributed by atoms with Gasteiger partial charge in [0.1, 0.15) is 13.2 Å². The molecule has 20 heavy (non-hydrogen) atoms. The average Bonchev–Trinajstić information content (AvgIpc) is 2.85. The normalized spacial score (nSPS) is 24.9. The van der Waals surface area contributed by atoms with Crippen molar-refractivity contribution in [3.8, 4) is 11.5 Å². The molecule has 1 aromatic carbocycles. The second kappa shape index (κ2) is 6.20. The van der Waals surface area contributed by atoms with Crippen LogP contribution in [0.25, 0.3) is 0 Å². The van der Waals surface area contributed by atoms with E-state index in [0.717, 1.165) is 37.4 Å². The molecule has 3 rings (SSSR count). The van der Waals surface area contributed by atoms with Gasteiger partial charge in [-0.1, -0.05) is 11.6 Å². The zero-order valence-corrected chi connectivity index (χ0v) is 12.4. The summed E-state index contributed by atoms with van der Waals surface area (Å²) < 4.78 is 16.7. The van der Waals surface area contributed by atoms with E-state index in [0.29, 0.717) is 36.0 Å². The summed E-state index contributed by atoms with van der Waals surface area (Å²) in [7, 11) is 0. The highest BCUT2D eigenvalue weighted by Crippen LogP contribution is 2.38. The van der Waals surface area contributed by atoms with Crippen LogP contribution < -0.4 is 14.8 Å². The molecule has 4 nitrogen and oxygen atoms in total. The molecule has 1 aromatic rings. The molecule has 110 valence electrons. The third-order valence-corrected chi connectivity index (χ3v) is 4.21. The topological polar surface area (TPSA) is 39.7 Å². The fraction of sp³-hybridized carbons (Fsp3) is 0.600.